The highest BCUT2D eigenvalue weighted by molar-refractivity contribution is 9.10. The molecule has 1 N–H and O–H groups in total. The maximum atomic E-state index is 14.0. The summed E-state index contributed by atoms with van der Waals surface area (Å²) in [6.45, 7) is 3.65. The highest BCUT2D eigenvalue weighted by atomic mass is 79.9. The molecule has 0 aromatic heterocycles. The third-order valence-corrected chi connectivity index (χ3v) is 7.89. The molecule has 0 spiro atoms. The van der Waals surface area contributed by atoms with E-state index in [9.17, 15) is 18.0 Å². The number of likely N-dealkylation sites (N-methyl/N-ethyl adjacent to an activating group) is 1. The van der Waals surface area contributed by atoms with Crippen LogP contribution in [-0.4, -0.2) is 51.0 Å². The van der Waals surface area contributed by atoms with Gasteiger partial charge >= 0.3 is 0 Å². The Balaban J connectivity index is 2.07. The minimum Gasteiger partial charge on any atom is -0.357 e. The van der Waals surface area contributed by atoms with Crippen LogP contribution in [0.4, 0.5) is 5.69 Å². The van der Waals surface area contributed by atoms with E-state index >= 15 is 0 Å². The van der Waals surface area contributed by atoms with Crippen LogP contribution >= 0.6 is 15.9 Å². The first-order valence-electron chi connectivity index (χ1n) is 12.4. The number of carbonyl (C=O) groups excluding carboxylic acids is 2. The Labute approximate surface area is 234 Å². The van der Waals surface area contributed by atoms with Crippen molar-refractivity contribution in [1.82, 2.24) is 10.2 Å². The van der Waals surface area contributed by atoms with E-state index in [0.29, 0.717) is 5.69 Å². The van der Waals surface area contributed by atoms with Gasteiger partial charge < -0.3 is 10.2 Å². The molecule has 2 amide bonds. The van der Waals surface area contributed by atoms with Crippen molar-refractivity contribution in [3.8, 4) is 0 Å². The van der Waals surface area contributed by atoms with Crippen LogP contribution in [-0.2, 0) is 32.6 Å². The molecule has 3 rings (SSSR count). The molecule has 202 valence electrons. The molecule has 38 heavy (non-hydrogen) atoms. The fourth-order valence-corrected chi connectivity index (χ4v) is 5.67. The number of halogens is 1. The summed E-state index contributed by atoms with van der Waals surface area (Å²) in [5.41, 5.74) is 2.97. The summed E-state index contributed by atoms with van der Waals surface area (Å²) in [6.07, 6.45) is 1.37. The molecule has 0 aliphatic rings. The number of rotatable bonds is 11. The predicted molar refractivity (Wildman–Crippen MR) is 155 cm³/mol. The summed E-state index contributed by atoms with van der Waals surface area (Å²) >= 11 is 3.47. The summed E-state index contributed by atoms with van der Waals surface area (Å²) in [5, 5.41) is 2.68. The topological polar surface area (TPSA) is 86.8 Å². The van der Waals surface area contributed by atoms with Crippen LogP contribution < -0.4 is 9.62 Å². The highest BCUT2D eigenvalue weighted by Crippen LogP contribution is 2.29. The number of sulfonamides is 1. The number of para-hydroxylation sites is 1. The number of benzene rings is 3. The van der Waals surface area contributed by atoms with Gasteiger partial charge in [-0.2, -0.15) is 0 Å². The fraction of sp³-hybridized carbons (Fsp3) is 0.310. The molecule has 0 aliphatic heterocycles. The molecule has 3 aromatic rings. The van der Waals surface area contributed by atoms with Gasteiger partial charge in [-0.1, -0.05) is 90.4 Å². The first-order chi connectivity index (χ1) is 18.0. The maximum absolute atomic E-state index is 14.0. The molecule has 0 aliphatic carbocycles. The molecule has 7 nitrogen and oxygen atoms in total. The van der Waals surface area contributed by atoms with Crippen molar-refractivity contribution in [2.24, 2.45) is 0 Å². The van der Waals surface area contributed by atoms with E-state index in [4.69, 9.17) is 0 Å². The minimum atomic E-state index is -3.81. The average Bonchev–Trinajstić information content (AvgIpc) is 2.88. The Morgan fingerprint density at radius 3 is 2.16 bits per heavy atom. The van der Waals surface area contributed by atoms with E-state index in [0.717, 1.165) is 31.7 Å². The number of amides is 2. The number of anilines is 1. The lowest BCUT2D eigenvalue weighted by Crippen LogP contribution is -2.53. The smallest absolute Gasteiger partial charge is 0.244 e. The van der Waals surface area contributed by atoms with Gasteiger partial charge in [0.1, 0.15) is 12.6 Å². The van der Waals surface area contributed by atoms with Crippen LogP contribution in [0.15, 0.2) is 83.3 Å². The Morgan fingerprint density at radius 1 is 0.921 bits per heavy atom. The zero-order valence-electron chi connectivity index (χ0n) is 22.1. The van der Waals surface area contributed by atoms with Gasteiger partial charge in [0.2, 0.25) is 21.8 Å². The van der Waals surface area contributed by atoms with Crippen molar-refractivity contribution in [1.29, 1.82) is 0 Å². The van der Waals surface area contributed by atoms with Gasteiger partial charge in [0, 0.05) is 24.5 Å². The lowest BCUT2D eigenvalue weighted by molar-refractivity contribution is -0.139. The van der Waals surface area contributed by atoms with Crippen LogP contribution in [0.2, 0.25) is 0 Å². The van der Waals surface area contributed by atoms with Gasteiger partial charge in [0.15, 0.2) is 0 Å². The Kier molecular flexibility index (Phi) is 10.1. The van der Waals surface area contributed by atoms with Crippen molar-refractivity contribution >= 4 is 43.5 Å². The van der Waals surface area contributed by atoms with Crippen LogP contribution in [0, 0.1) is 0 Å². The van der Waals surface area contributed by atoms with E-state index in [1.807, 2.05) is 80.6 Å². The van der Waals surface area contributed by atoms with Crippen molar-refractivity contribution in [3.05, 3.63) is 100 Å². The third-order valence-electron chi connectivity index (χ3n) is 6.27. The van der Waals surface area contributed by atoms with Crippen LogP contribution in [0.5, 0.6) is 0 Å². The second-order valence-corrected chi connectivity index (χ2v) is 12.3. The zero-order valence-corrected chi connectivity index (χ0v) is 24.5. The van der Waals surface area contributed by atoms with Gasteiger partial charge in [-0.05, 0) is 40.8 Å². The van der Waals surface area contributed by atoms with Crippen molar-refractivity contribution in [3.63, 3.8) is 0 Å². The van der Waals surface area contributed by atoms with Crippen molar-refractivity contribution in [2.75, 3.05) is 24.2 Å². The van der Waals surface area contributed by atoms with Crippen molar-refractivity contribution in [2.45, 2.75) is 38.8 Å². The van der Waals surface area contributed by atoms with E-state index in [-0.39, 0.29) is 24.8 Å². The molecule has 0 saturated carbocycles. The molecule has 0 unspecified atom stereocenters. The molecule has 0 saturated heterocycles. The molecule has 1 atom stereocenters. The fourth-order valence-electron chi connectivity index (χ4n) is 4.35. The number of nitrogens with zero attached hydrogens (tertiary/aromatic N) is 2. The summed E-state index contributed by atoms with van der Waals surface area (Å²) < 4.78 is 28.0. The minimum absolute atomic E-state index is 0.0417. The molecule has 0 radical (unpaired) electrons. The highest BCUT2D eigenvalue weighted by Gasteiger charge is 2.33. The van der Waals surface area contributed by atoms with Crippen molar-refractivity contribution < 1.29 is 18.0 Å². The summed E-state index contributed by atoms with van der Waals surface area (Å²) in [4.78, 5) is 28.7. The third kappa shape index (κ3) is 7.68. The normalized spacial score (nSPS) is 12.2. The van der Waals surface area contributed by atoms with Gasteiger partial charge in [-0.25, -0.2) is 8.42 Å². The monoisotopic (exact) mass is 599 g/mol. The second kappa shape index (κ2) is 13.1. The summed E-state index contributed by atoms with van der Waals surface area (Å²) in [5.74, 6) is -0.760. The van der Waals surface area contributed by atoms with E-state index in [1.54, 1.807) is 12.1 Å². The first-order valence-corrected chi connectivity index (χ1v) is 15.0. The number of nitrogens with one attached hydrogen (secondary N) is 1. The Hall–Kier alpha value is -3.17. The standard InChI is InChI=1S/C29H34BrN3O4S/c1-21(2)25-15-8-9-16-26(25)33(38(4,36)37)20-28(34)32(19-23-13-10-14-24(30)17-23)27(29(35)31-3)18-22-11-6-5-7-12-22/h5-17,21,27H,18-20H2,1-4H3,(H,31,35)/t27-/m1/s1. The molecule has 9 heteroatoms. The van der Waals surface area contributed by atoms with E-state index in [1.165, 1.54) is 11.9 Å². The second-order valence-electron chi connectivity index (χ2n) is 9.45. The zero-order chi connectivity index (χ0) is 27.9. The lowest BCUT2D eigenvalue weighted by Gasteiger charge is -2.34. The number of carbonyl (C=O) groups is 2. The van der Waals surface area contributed by atoms with Gasteiger partial charge in [-0.15, -0.1) is 0 Å². The predicted octanol–water partition coefficient (Wildman–Crippen LogP) is 4.72. The molecule has 0 fully saturated rings. The quantitative estimate of drug-likeness (QED) is 0.345. The summed E-state index contributed by atoms with van der Waals surface area (Å²) in [7, 11) is -2.28. The molecule has 0 heterocycles. The average molecular weight is 601 g/mol. The van der Waals surface area contributed by atoms with Gasteiger partial charge in [0.05, 0.1) is 11.9 Å². The van der Waals surface area contributed by atoms with Crippen LogP contribution in [0.1, 0.15) is 36.5 Å². The van der Waals surface area contributed by atoms with Crippen LogP contribution in [0.25, 0.3) is 0 Å². The lowest BCUT2D eigenvalue weighted by atomic mass is 10.0. The van der Waals surface area contributed by atoms with Crippen LogP contribution in [0.3, 0.4) is 0 Å². The summed E-state index contributed by atoms with van der Waals surface area (Å²) in [6, 6.07) is 23.3. The van der Waals surface area contributed by atoms with Gasteiger partial charge in [-0.3, -0.25) is 13.9 Å². The van der Waals surface area contributed by atoms with E-state index in [2.05, 4.69) is 21.2 Å². The SMILES string of the molecule is CNC(=O)[C@@H](Cc1ccccc1)N(Cc1cccc(Br)c1)C(=O)CN(c1ccccc1C(C)C)S(C)(=O)=O. The Bertz CT molecular complexity index is 1360. The molecular formula is C29H34BrN3O4S. The Morgan fingerprint density at radius 2 is 1.55 bits per heavy atom. The maximum Gasteiger partial charge on any atom is 0.244 e. The van der Waals surface area contributed by atoms with Gasteiger partial charge in [0.25, 0.3) is 0 Å². The van der Waals surface area contributed by atoms with E-state index < -0.39 is 28.5 Å². The largest absolute Gasteiger partial charge is 0.357 e. The molecule has 0 bridgehead atoms. The first kappa shape index (κ1) is 29.4. The molecule has 3 aromatic carbocycles. The molecular weight excluding hydrogens is 566 g/mol. The number of hydrogen-bond donors (Lipinski definition) is 1. The number of hydrogen-bond acceptors (Lipinski definition) is 4.